The van der Waals surface area contributed by atoms with Gasteiger partial charge >= 0.3 is 5.97 Å². The van der Waals surface area contributed by atoms with E-state index in [9.17, 15) is 4.79 Å². The van der Waals surface area contributed by atoms with Gasteiger partial charge in [-0.2, -0.15) is 0 Å². The smallest absolute Gasteiger partial charge is 0.338 e. The van der Waals surface area contributed by atoms with Crippen LogP contribution in [0.5, 0.6) is 0 Å². The van der Waals surface area contributed by atoms with Crippen LogP contribution >= 0.6 is 0 Å². The van der Waals surface area contributed by atoms with Gasteiger partial charge in [-0.1, -0.05) is 32.9 Å². The molecule has 0 aliphatic rings. The van der Waals surface area contributed by atoms with E-state index in [1.54, 1.807) is 26.4 Å². The molecule has 0 spiro atoms. The van der Waals surface area contributed by atoms with Crippen LogP contribution in [0.3, 0.4) is 0 Å². The molecule has 0 bridgehead atoms. The third kappa shape index (κ3) is 4.94. The molecule has 0 atom stereocenters. The third-order valence-corrected chi connectivity index (χ3v) is 2.97. The molecule has 112 valence electrons. The van der Waals surface area contributed by atoms with E-state index in [1.165, 1.54) is 5.56 Å². The summed E-state index contributed by atoms with van der Waals surface area (Å²) in [5, 5.41) is 0. The minimum absolute atomic E-state index is 0.0665. The SMILES string of the molecule is COCC(COC)OC(=O)c1ccc(C(C)(C)C)cc1. The molecule has 4 nitrogen and oxygen atoms in total. The Morgan fingerprint density at radius 3 is 1.95 bits per heavy atom. The molecule has 0 aliphatic heterocycles. The summed E-state index contributed by atoms with van der Waals surface area (Å²) in [6.07, 6.45) is -0.389. The standard InChI is InChI=1S/C16H24O4/c1-16(2,3)13-8-6-12(7-9-13)15(17)20-14(10-18-4)11-19-5/h6-9,14H,10-11H2,1-5H3. The fraction of sp³-hybridized carbons (Fsp3) is 0.562. The van der Waals surface area contributed by atoms with Gasteiger partial charge in [0.15, 0.2) is 0 Å². The molecule has 1 aromatic rings. The van der Waals surface area contributed by atoms with E-state index >= 15 is 0 Å². The van der Waals surface area contributed by atoms with E-state index in [2.05, 4.69) is 20.8 Å². The largest absolute Gasteiger partial charge is 0.454 e. The molecule has 0 fully saturated rings. The number of esters is 1. The zero-order valence-corrected chi connectivity index (χ0v) is 12.9. The molecule has 0 saturated carbocycles. The Bertz CT molecular complexity index is 411. The summed E-state index contributed by atoms with van der Waals surface area (Å²) in [6.45, 7) is 7.04. The quantitative estimate of drug-likeness (QED) is 0.752. The van der Waals surface area contributed by atoms with Crippen LogP contribution in [0.4, 0.5) is 0 Å². The fourth-order valence-electron chi connectivity index (χ4n) is 1.81. The molecular weight excluding hydrogens is 256 g/mol. The van der Waals surface area contributed by atoms with Crippen LogP contribution in [0.25, 0.3) is 0 Å². The van der Waals surface area contributed by atoms with Crippen LogP contribution in [0, 0.1) is 0 Å². The average Bonchev–Trinajstić information content (AvgIpc) is 2.38. The van der Waals surface area contributed by atoms with Crippen molar-refractivity contribution in [3.8, 4) is 0 Å². The molecule has 1 aromatic carbocycles. The van der Waals surface area contributed by atoms with Crippen LogP contribution in [0.15, 0.2) is 24.3 Å². The average molecular weight is 280 g/mol. The van der Waals surface area contributed by atoms with Crippen LogP contribution in [0.1, 0.15) is 36.7 Å². The van der Waals surface area contributed by atoms with Crippen LogP contribution in [-0.2, 0) is 19.6 Å². The number of carbonyl (C=O) groups is 1. The molecule has 1 rings (SSSR count). The van der Waals surface area contributed by atoms with Gasteiger partial charge in [-0.15, -0.1) is 0 Å². The lowest BCUT2D eigenvalue weighted by atomic mass is 9.87. The first-order chi connectivity index (χ1) is 9.38. The van der Waals surface area contributed by atoms with Crippen molar-refractivity contribution in [1.82, 2.24) is 0 Å². The van der Waals surface area contributed by atoms with Gasteiger partial charge in [-0.25, -0.2) is 4.79 Å². The monoisotopic (exact) mass is 280 g/mol. The minimum atomic E-state index is -0.389. The molecule has 0 unspecified atom stereocenters. The lowest BCUT2D eigenvalue weighted by Gasteiger charge is -2.19. The molecule has 0 aliphatic carbocycles. The van der Waals surface area contributed by atoms with Crippen molar-refractivity contribution in [1.29, 1.82) is 0 Å². The second kappa shape index (κ2) is 7.41. The first-order valence-electron chi connectivity index (χ1n) is 6.68. The van der Waals surface area contributed by atoms with Crippen LogP contribution < -0.4 is 0 Å². The molecule has 0 saturated heterocycles. The van der Waals surface area contributed by atoms with E-state index in [1.807, 2.05) is 12.1 Å². The summed E-state index contributed by atoms with van der Waals surface area (Å²) in [5.41, 5.74) is 1.78. The van der Waals surface area contributed by atoms with Crippen molar-refractivity contribution in [2.45, 2.75) is 32.3 Å². The van der Waals surface area contributed by atoms with Crippen molar-refractivity contribution in [3.05, 3.63) is 35.4 Å². The fourth-order valence-corrected chi connectivity index (χ4v) is 1.81. The molecule has 0 heterocycles. The molecular formula is C16H24O4. The zero-order chi connectivity index (χ0) is 15.2. The minimum Gasteiger partial charge on any atom is -0.454 e. The number of benzene rings is 1. The maximum atomic E-state index is 12.0. The van der Waals surface area contributed by atoms with Crippen molar-refractivity contribution in [2.75, 3.05) is 27.4 Å². The maximum absolute atomic E-state index is 12.0. The summed E-state index contributed by atoms with van der Waals surface area (Å²) in [5.74, 6) is -0.357. The Hall–Kier alpha value is -1.39. The molecule has 0 N–H and O–H groups in total. The van der Waals surface area contributed by atoms with E-state index in [0.29, 0.717) is 18.8 Å². The van der Waals surface area contributed by atoms with E-state index in [-0.39, 0.29) is 17.5 Å². The summed E-state index contributed by atoms with van der Waals surface area (Å²) in [4.78, 5) is 12.0. The first kappa shape index (κ1) is 16.7. The van der Waals surface area contributed by atoms with Crippen molar-refractivity contribution in [2.24, 2.45) is 0 Å². The number of methoxy groups -OCH3 is 2. The Labute approximate surface area is 121 Å². The van der Waals surface area contributed by atoms with Gasteiger partial charge in [0, 0.05) is 14.2 Å². The van der Waals surface area contributed by atoms with Gasteiger partial charge in [0.2, 0.25) is 0 Å². The number of carbonyl (C=O) groups excluding carboxylic acids is 1. The number of ether oxygens (including phenoxy) is 3. The number of hydrogen-bond donors (Lipinski definition) is 0. The van der Waals surface area contributed by atoms with E-state index in [0.717, 1.165) is 0 Å². The second-order valence-corrected chi connectivity index (χ2v) is 5.77. The van der Waals surface area contributed by atoms with Gasteiger partial charge in [-0.3, -0.25) is 0 Å². The molecule has 20 heavy (non-hydrogen) atoms. The normalized spacial score (nSPS) is 11.7. The third-order valence-electron chi connectivity index (χ3n) is 2.97. The Balaban J connectivity index is 2.72. The van der Waals surface area contributed by atoms with Crippen LogP contribution in [0.2, 0.25) is 0 Å². The van der Waals surface area contributed by atoms with Gasteiger partial charge in [-0.05, 0) is 23.1 Å². The van der Waals surface area contributed by atoms with Crippen LogP contribution in [-0.4, -0.2) is 39.5 Å². The number of hydrogen-bond acceptors (Lipinski definition) is 4. The van der Waals surface area contributed by atoms with E-state index < -0.39 is 0 Å². The van der Waals surface area contributed by atoms with Crippen molar-refractivity contribution < 1.29 is 19.0 Å². The predicted molar refractivity (Wildman–Crippen MR) is 78.1 cm³/mol. The van der Waals surface area contributed by atoms with Crippen molar-refractivity contribution >= 4 is 5.97 Å². The van der Waals surface area contributed by atoms with Gasteiger partial charge < -0.3 is 14.2 Å². The number of rotatable bonds is 6. The second-order valence-electron chi connectivity index (χ2n) is 5.77. The lowest BCUT2D eigenvalue weighted by molar-refractivity contribution is -0.0223. The van der Waals surface area contributed by atoms with Gasteiger partial charge in [0.25, 0.3) is 0 Å². The highest BCUT2D eigenvalue weighted by atomic mass is 16.6. The summed E-state index contributed by atoms with van der Waals surface area (Å²) < 4.78 is 15.4. The van der Waals surface area contributed by atoms with Gasteiger partial charge in [0.05, 0.1) is 18.8 Å². The Morgan fingerprint density at radius 1 is 1.05 bits per heavy atom. The Kier molecular flexibility index (Phi) is 6.17. The molecule has 0 radical (unpaired) electrons. The topological polar surface area (TPSA) is 44.8 Å². The predicted octanol–water partition coefficient (Wildman–Crippen LogP) is 2.80. The molecule has 4 heteroatoms. The van der Waals surface area contributed by atoms with Crippen molar-refractivity contribution in [3.63, 3.8) is 0 Å². The summed E-state index contributed by atoms with van der Waals surface area (Å²) >= 11 is 0. The summed E-state index contributed by atoms with van der Waals surface area (Å²) in [6, 6.07) is 7.50. The highest BCUT2D eigenvalue weighted by molar-refractivity contribution is 5.89. The van der Waals surface area contributed by atoms with Gasteiger partial charge in [0.1, 0.15) is 6.10 Å². The highest BCUT2D eigenvalue weighted by Crippen LogP contribution is 2.22. The maximum Gasteiger partial charge on any atom is 0.338 e. The first-order valence-corrected chi connectivity index (χ1v) is 6.68. The highest BCUT2D eigenvalue weighted by Gasteiger charge is 2.18. The molecule has 0 amide bonds. The molecule has 0 aromatic heterocycles. The summed E-state index contributed by atoms with van der Waals surface area (Å²) in [7, 11) is 3.13. The Morgan fingerprint density at radius 2 is 1.55 bits per heavy atom. The lowest BCUT2D eigenvalue weighted by Crippen LogP contribution is -2.27. The zero-order valence-electron chi connectivity index (χ0n) is 12.9. The van der Waals surface area contributed by atoms with E-state index in [4.69, 9.17) is 14.2 Å².